The molecule has 0 aromatic heterocycles. The van der Waals surface area contributed by atoms with Crippen molar-refractivity contribution in [3.05, 3.63) is 58.6 Å². The van der Waals surface area contributed by atoms with E-state index in [1.807, 2.05) is 4.72 Å². The number of nitrogens with one attached hydrogen (secondary N) is 1. The van der Waals surface area contributed by atoms with Gasteiger partial charge in [-0.05, 0) is 18.2 Å². The number of non-ortho nitro benzene ring substituents is 1. The molecule has 0 radical (unpaired) electrons. The third-order valence-electron chi connectivity index (χ3n) is 3.10. The van der Waals surface area contributed by atoms with Crippen molar-refractivity contribution in [2.45, 2.75) is 9.79 Å². The van der Waals surface area contributed by atoms with Crippen LogP contribution in [0.2, 0.25) is 0 Å². The van der Waals surface area contributed by atoms with Crippen LogP contribution in [-0.4, -0.2) is 27.8 Å². The monoisotopic (exact) mass is 383 g/mol. The first-order valence-electron chi connectivity index (χ1n) is 6.58. The van der Waals surface area contributed by atoms with Crippen LogP contribution in [0, 0.1) is 10.1 Å². The third-order valence-corrected chi connectivity index (χ3v) is 5.68. The Morgan fingerprint density at radius 2 is 1.84 bits per heavy atom. The molecule has 130 valence electrons. The SMILES string of the molecule is O=[N+]([O-])c1cccc(S(=O)(=O)OC2=Nc3ccccc3S(=O)(=O)N2)c1. The summed E-state index contributed by atoms with van der Waals surface area (Å²) in [4.78, 5) is 13.1. The highest BCUT2D eigenvalue weighted by atomic mass is 32.2. The molecule has 10 nitrogen and oxygen atoms in total. The van der Waals surface area contributed by atoms with E-state index in [9.17, 15) is 26.9 Å². The summed E-state index contributed by atoms with van der Waals surface area (Å²) in [7, 11) is -8.58. The van der Waals surface area contributed by atoms with Crippen molar-refractivity contribution in [3.63, 3.8) is 0 Å². The standard InChI is InChI=1S/C13H9N3O7S2/c17-16(18)9-4-3-5-10(8-9)25(21,22)23-13-14-11-6-1-2-7-12(11)24(19,20)15-13/h1-8H,(H,14,15). The van der Waals surface area contributed by atoms with Crippen molar-refractivity contribution >= 4 is 37.5 Å². The van der Waals surface area contributed by atoms with Crippen LogP contribution in [0.3, 0.4) is 0 Å². The minimum atomic E-state index is -4.53. The Kier molecular flexibility index (Phi) is 3.93. The summed E-state index contributed by atoms with van der Waals surface area (Å²) >= 11 is 0. The van der Waals surface area contributed by atoms with Gasteiger partial charge in [0, 0.05) is 12.1 Å². The Hall–Kier alpha value is -2.99. The first-order valence-corrected chi connectivity index (χ1v) is 9.48. The molecule has 25 heavy (non-hydrogen) atoms. The largest absolute Gasteiger partial charge is 0.342 e. The van der Waals surface area contributed by atoms with E-state index in [2.05, 4.69) is 4.99 Å². The fourth-order valence-electron chi connectivity index (χ4n) is 2.02. The number of nitro groups is 1. The van der Waals surface area contributed by atoms with E-state index in [0.29, 0.717) is 0 Å². The van der Waals surface area contributed by atoms with Crippen molar-refractivity contribution in [1.29, 1.82) is 0 Å². The molecule has 1 aliphatic heterocycles. The number of hydrogen-bond acceptors (Lipinski definition) is 8. The normalized spacial score (nSPS) is 15.4. The number of sulfonamides is 1. The first kappa shape index (κ1) is 16.9. The lowest BCUT2D eigenvalue weighted by Crippen LogP contribution is -2.36. The van der Waals surface area contributed by atoms with Gasteiger partial charge in [0.15, 0.2) is 0 Å². The maximum absolute atomic E-state index is 12.2. The maximum Gasteiger partial charge on any atom is 0.342 e. The van der Waals surface area contributed by atoms with E-state index in [1.165, 1.54) is 24.3 Å². The molecule has 0 spiro atoms. The number of para-hydroxylation sites is 1. The number of hydrogen-bond donors (Lipinski definition) is 1. The van der Waals surface area contributed by atoms with Crippen molar-refractivity contribution in [3.8, 4) is 0 Å². The summed E-state index contributed by atoms with van der Waals surface area (Å²) in [6, 6.07) is 9.05. The summed E-state index contributed by atoms with van der Waals surface area (Å²) < 4.78 is 55.3. The summed E-state index contributed by atoms with van der Waals surface area (Å²) in [5.41, 5.74) is -0.452. The van der Waals surface area contributed by atoms with Gasteiger partial charge in [-0.15, -0.1) is 0 Å². The smallest absolute Gasteiger partial charge is 0.341 e. The van der Waals surface area contributed by atoms with Crippen molar-refractivity contribution in [1.82, 2.24) is 4.72 Å². The fraction of sp³-hybridized carbons (Fsp3) is 0. The van der Waals surface area contributed by atoms with Gasteiger partial charge in [0.1, 0.15) is 9.79 Å². The van der Waals surface area contributed by atoms with E-state index < -0.39 is 41.7 Å². The Morgan fingerprint density at radius 3 is 2.56 bits per heavy atom. The van der Waals surface area contributed by atoms with Crippen LogP contribution < -0.4 is 4.72 Å². The highest BCUT2D eigenvalue weighted by molar-refractivity contribution is 7.90. The van der Waals surface area contributed by atoms with Crippen LogP contribution in [0.1, 0.15) is 0 Å². The fourth-order valence-corrected chi connectivity index (χ4v) is 4.04. The molecule has 1 heterocycles. The van der Waals surface area contributed by atoms with E-state index >= 15 is 0 Å². The molecule has 0 saturated heterocycles. The lowest BCUT2D eigenvalue weighted by atomic mass is 10.3. The van der Waals surface area contributed by atoms with Gasteiger partial charge >= 0.3 is 16.1 Å². The zero-order valence-corrected chi connectivity index (χ0v) is 13.8. The lowest BCUT2D eigenvalue weighted by Gasteiger charge is -2.17. The van der Waals surface area contributed by atoms with E-state index in [-0.39, 0.29) is 10.6 Å². The van der Waals surface area contributed by atoms with Gasteiger partial charge in [0.2, 0.25) is 0 Å². The van der Waals surface area contributed by atoms with Gasteiger partial charge in [0.05, 0.1) is 10.6 Å². The van der Waals surface area contributed by atoms with Crippen LogP contribution >= 0.6 is 0 Å². The highest BCUT2D eigenvalue weighted by Crippen LogP contribution is 2.28. The van der Waals surface area contributed by atoms with Crippen molar-refractivity contribution in [2.24, 2.45) is 4.99 Å². The summed E-state index contributed by atoms with van der Waals surface area (Å²) in [6.07, 6.45) is 0. The van der Waals surface area contributed by atoms with Crippen LogP contribution in [0.25, 0.3) is 0 Å². The Labute approximate surface area is 142 Å². The number of benzene rings is 2. The molecule has 3 rings (SSSR count). The molecule has 2 aromatic rings. The van der Waals surface area contributed by atoms with Gasteiger partial charge in [0.25, 0.3) is 15.7 Å². The molecule has 1 aliphatic rings. The average Bonchev–Trinajstić information content (AvgIpc) is 2.54. The summed E-state index contributed by atoms with van der Waals surface area (Å²) in [6.45, 7) is 0. The average molecular weight is 383 g/mol. The van der Waals surface area contributed by atoms with Gasteiger partial charge in [-0.1, -0.05) is 18.2 Å². The van der Waals surface area contributed by atoms with E-state index in [0.717, 1.165) is 24.3 Å². The second-order valence-electron chi connectivity index (χ2n) is 4.78. The molecule has 0 saturated carbocycles. The van der Waals surface area contributed by atoms with E-state index in [1.54, 1.807) is 0 Å². The Balaban J connectivity index is 1.99. The second-order valence-corrected chi connectivity index (χ2v) is 7.98. The van der Waals surface area contributed by atoms with Crippen molar-refractivity contribution in [2.75, 3.05) is 0 Å². The molecular weight excluding hydrogens is 374 g/mol. The predicted molar refractivity (Wildman–Crippen MR) is 85.2 cm³/mol. The molecule has 2 aromatic carbocycles. The lowest BCUT2D eigenvalue weighted by molar-refractivity contribution is -0.385. The first-order chi connectivity index (χ1) is 11.7. The third kappa shape index (κ3) is 3.29. The predicted octanol–water partition coefficient (Wildman–Crippen LogP) is 1.28. The van der Waals surface area contributed by atoms with Gasteiger partial charge in [-0.2, -0.15) is 13.4 Å². The van der Waals surface area contributed by atoms with Gasteiger partial charge in [-0.3, -0.25) is 10.1 Å². The van der Waals surface area contributed by atoms with Gasteiger partial charge in [-0.25, -0.2) is 13.1 Å². The molecule has 12 heteroatoms. The van der Waals surface area contributed by atoms with Crippen LogP contribution in [0.4, 0.5) is 11.4 Å². The molecule has 0 atom stereocenters. The molecule has 0 unspecified atom stereocenters. The Bertz CT molecular complexity index is 1110. The van der Waals surface area contributed by atoms with Crippen molar-refractivity contribution < 1.29 is 25.9 Å². The minimum Gasteiger partial charge on any atom is -0.341 e. The molecule has 0 amide bonds. The molecule has 1 N–H and O–H groups in total. The molecular formula is C13H9N3O7S2. The second kappa shape index (κ2) is 5.82. The van der Waals surface area contributed by atoms with Crippen LogP contribution in [-0.2, 0) is 24.3 Å². The zero-order chi connectivity index (χ0) is 18.2. The van der Waals surface area contributed by atoms with Crippen LogP contribution in [0.5, 0.6) is 0 Å². The molecule has 0 fully saturated rings. The topological polar surface area (TPSA) is 145 Å². The number of rotatable bonds is 3. The Morgan fingerprint density at radius 1 is 1.12 bits per heavy atom. The van der Waals surface area contributed by atoms with E-state index in [4.69, 9.17) is 4.18 Å². The van der Waals surface area contributed by atoms with Gasteiger partial charge < -0.3 is 4.18 Å². The molecule has 0 aliphatic carbocycles. The quantitative estimate of drug-likeness (QED) is 0.477. The maximum atomic E-state index is 12.2. The zero-order valence-electron chi connectivity index (χ0n) is 12.2. The number of nitrogens with zero attached hydrogens (tertiary/aromatic N) is 2. The minimum absolute atomic E-state index is 0.00509. The number of nitro benzene ring substituents is 1. The number of fused-ring (bicyclic) bond motifs is 1. The summed E-state index contributed by atoms with van der Waals surface area (Å²) in [5.74, 6) is 0. The number of amidine groups is 1. The van der Waals surface area contributed by atoms with Crippen LogP contribution in [0.15, 0.2) is 63.3 Å². The summed E-state index contributed by atoms with van der Waals surface area (Å²) in [5, 5.41) is 10.7. The number of aliphatic imine (C=N–C) groups is 1. The molecule has 0 bridgehead atoms. The highest BCUT2D eigenvalue weighted by Gasteiger charge is 2.30.